The molecule has 0 heterocycles. The van der Waals surface area contributed by atoms with Gasteiger partial charge in [0.05, 0.1) is 0 Å². The van der Waals surface area contributed by atoms with Crippen LogP contribution in [0.3, 0.4) is 0 Å². The van der Waals surface area contributed by atoms with Crippen LogP contribution in [0.4, 0.5) is 5.69 Å². The predicted octanol–water partition coefficient (Wildman–Crippen LogP) is 3.98. The number of carbonyl (C=O) groups is 1. The molecule has 3 nitrogen and oxygen atoms in total. The zero-order valence-corrected chi connectivity index (χ0v) is 13.6. The first-order valence-corrected chi connectivity index (χ1v) is 7.31. The minimum Gasteiger partial charge on any atom is -0.326 e. The lowest BCUT2D eigenvalue weighted by Gasteiger charge is -2.26. The Morgan fingerprint density at radius 3 is 2.45 bits per heavy atom. The molecule has 0 radical (unpaired) electrons. The first kappa shape index (κ1) is 16.7. The number of hydrogen-bond donors (Lipinski definition) is 2. The molecule has 112 valence electrons. The summed E-state index contributed by atoms with van der Waals surface area (Å²) in [5.74, 6) is 0.434. The fourth-order valence-corrected chi connectivity index (χ4v) is 1.85. The molecule has 0 aliphatic heterocycles. The van der Waals surface area contributed by atoms with Gasteiger partial charge in [-0.1, -0.05) is 39.8 Å². The molecule has 1 amide bonds. The molecule has 0 bridgehead atoms. The summed E-state index contributed by atoms with van der Waals surface area (Å²) in [6.45, 7) is 10.7. The van der Waals surface area contributed by atoms with Crippen LogP contribution in [-0.2, 0) is 4.79 Å². The molecular formula is C17H28N2O. The van der Waals surface area contributed by atoms with Crippen molar-refractivity contribution in [1.82, 2.24) is 5.32 Å². The topological polar surface area (TPSA) is 41.1 Å². The quantitative estimate of drug-likeness (QED) is 0.854. The van der Waals surface area contributed by atoms with Gasteiger partial charge in [0.2, 0.25) is 5.91 Å². The Kier molecular flexibility index (Phi) is 5.75. The van der Waals surface area contributed by atoms with Crippen molar-refractivity contribution in [1.29, 1.82) is 0 Å². The van der Waals surface area contributed by atoms with E-state index in [2.05, 4.69) is 51.3 Å². The number of benzene rings is 1. The van der Waals surface area contributed by atoms with Gasteiger partial charge in [0.15, 0.2) is 0 Å². The third kappa shape index (κ3) is 4.97. The first-order valence-electron chi connectivity index (χ1n) is 7.31. The molecule has 3 heteroatoms. The second-order valence-electron chi connectivity index (χ2n) is 6.66. The van der Waals surface area contributed by atoms with Gasteiger partial charge in [-0.05, 0) is 43.0 Å². The van der Waals surface area contributed by atoms with Crippen LogP contribution in [0, 0.1) is 11.3 Å². The van der Waals surface area contributed by atoms with Crippen LogP contribution in [0.1, 0.15) is 52.6 Å². The number of rotatable bonds is 5. The van der Waals surface area contributed by atoms with Gasteiger partial charge >= 0.3 is 0 Å². The molecule has 0 saturated carbocycles. The Hall–Kier alpha value is -1.35. The number of amides is 1. The van der Waals surface area contributed by atoms with Crippen LogP contribution in [0.2, 0.25) is 0 Å². The van der Waals surface area contributed by atoms with Crippen molar-refractivity contribution >= 4 is 11.6 Å². The monoisotopic (exact) mass is 276 g/mol. The second-order valence-corrected chi connectivity index (χ2v) is 6.66. The van der Waals surface area contributed by atoms with E-state index < -0.39 is 0 Å². The van der Waals surface area contributed by atoms with Gasteiger partial charge in [-0.3, -0.25) is 4.79 Å². The van der Waals surface area contributed by atoms with Crippen LogP contribution >= 0.6 is 0 Å². The molecular weight excluding hydrogens is 248 g/mol. The van der Waals surface area contributed by atoms with E-state index in [1.165, 1.54) is 5.56 Å². The fourth-order valence-electron chi connectivity index (χ4n) is 1.85. The van der Waals surface area contributed by atoms with Gasteiger partial charge in [0.25, 0.3) is 0 Å². The van der Waals surface area contributed by atoms with Crippen molar-refractivity contribution in [3.8, 4) is 0 Å². The Bertz CT molecular complexity index is 449. The summed E-state index contributed by atoms with van der Waals surface area (Å²) < 4.78 is 0. The lowest BCUT2D eigenvalue weighted by molar-refractivity contribution is -0.117. The average Bonchev–Trinajstić information content (AvgIpc) is 2.36. The molecule has 2 N–H and O–H groups in total. The highest BCUT2D eigenvalue weighted by atomic mass is 16.1. The highest BCUT2D eigenvalue weighted by molar-refractivity contribution is 5.90. The largest absolute Gasteiger partial charge is 0.326 e. The number of anilines is 1. The standard InChI is InChI=1S/C17H28N2O/c1-12(17(3,4)5)10-16(20)19-15-9-7-8-14(11-15)13(2)18-6/h7-9,11-13,18H,10H2,1-6H3,(H,19,20). The van der Waals surface area contributed by atoms with Gasteiger partial charge in [-0.25, -0.2) is 0 Å². The molecule has 0 aliphatic carbocycles. The molecule has 2 atom stereocenters. The Labute approximate surface area is 123 Å². The second kappa shape index (κ2) is 6.89. The molecule has 0 aliphatic rings. The number of nitrogens with one attached hydrogen (secondary N) is 2. The van der Waals surface area contributed by atoms with Crippen molar-refractivity contribution in [2.24, 2.45) is 11.3 Å². The van der Waals surface area contributed by atoms with E-state index in [0.29, 0.717) is 12.3 Å². The summed E-state index contributed by atoms with van der Waals surface area (Å²) in [6, 6.07) is 8.28. The Balaban J connectivity index is 2.67. The van der Waals surface area contributed by atoms with Crippen molar-refractivity contribution < 1.29 is 4.79 Å². The summed E-state index contributed by atoms with van der Waals surface area (Å²) in [4.78, 5) is 12.1. The predicted molar refractivity (Wildman–Crippen MR) is 85.8 cm³/mol. The minimum absolute atomic E-state index is 0.0849. The molecule has 1 aromatic carbocycles. The molecule has 0 aromatic heterocycles. The van der Waals surface area contributed by atoms with Gasteiger partial charge in [-0.15, -0.1) is 0 Å². The van der Waals surface area contributed by atoms with E-state index in [0.717, 1.165) is 5.69 Å². The highest BCUT2D eigenvalue weighted by Crippen LogP contribution is 2.28. The SMILES string of the molecule is CNC(C)c1cccc(NC(=O)CC(C)C(C)(C)C)c1. The van der Waals surface area contributed by atoms with Crippen LogP contribution in [0.5, 0.6) is 0 Å². The summed E-state index contributed by atoms with van der Waals surface area (Å²) >= 11 is 0. The van der Waals surface area contributed by atoms with Crippen LogP contribution < -0.4 is 10.6 Å². The maximum absolute atomic E-state index is 12.1. The maximum Gasteiger partial charge on any atom is 0.224 e. The van der Waals surface area contributed by atoms with E-state index in [1.807, 2.05) is 25.2 Å². The van der Waals surface area contributed by atoms with E-state index in [1.54, 1.807) is 0 Å². The zero-order chi connectivity index (χ0) is 15.3. The van der Waals surface area contributed by atoms with Crippen LogP contribution in [0.15, 0.2) is 24.3 Å². The molecule has 0 fully saturated rings. The van der Waals surface area contributed by atoms with Crippen molar-refractivity contribution in [3.05, 3.63) is 29.8 Å². The van der Waals surface area contributed by atoms with Crippen molar-refractivity contribution in [3.63, 3.8) is 0 Å². The van der Waals surface area contributed by atoms with E-state index >= 15 is 0 Å². The summed E-state index contributed by atoms with van der Waals surface area (Å²) in [6.07, 6.45) is 0.551. The number of hydrogen-bond acceptors (Lipinski definition) is 2. The van der Waals surface area contributed by atoms with Crippen LogP contribution in [-0.4, -0.2) is 13.0 Å². The Morgan fingerprint density at radius 2 is 1.90 bits per heavy atom. The fraction of sp³-hybridized carbons (Fsp3) is 0.588. The maximum atomic E-state index is 12.1. The van der Waals surface area contributed by atoms with Crippen molar-refractivity contribution in [2.75, 3.05) is 12.4 Å². The molecule has 0 spiro atoms. The lowest BCUT2D eigenvalue weighted by Crippen LogP contribution is -2.24. The summed E-state index contributed by atoms with van der Waals surface area (Å²) in [7, 11) is 1.93. The number of carbonyl (C=O) groups excluding carboxylic acids is 1. The average molecular weight is 276 g/mol. The third-order valence-electron chi connectivity index (χ3n) is 4.07. The van der Waals surface area contributed by atoms with E-state index in [4.69, 9.17) is 0 Å². The van der Waals surface area contributed by atoms with Gasteiger partial charge in [0.1, 0.15) is 0 Å². The molecule has 0 saturated heterocycles. The molecule has 1 aromatic rings. The summed E-state index contributed by atoms with van der Waals surface area (Å²) in [5, 5.41) is 6.20. The smallest absolute Gasteiger partial charge is 0.224 e. The van der Waals surface area contributed by atoms with E-state index in [9.17, 15) is 4.79 Å². The summed E-state index contributed by atoms with van der Waals surface area (Å²) in [5.41, 5.74) is 2.20. The molecule has 20 heavy (non-hydrogen) atoms. The minimum atomic E-state index is 0.0849. The lowest BCUT2D eigenvalue weighted by atomic mass is 9.80. The van der Waals surface area contributed by atoms with E-state index in [-0.39, 0.29) is 17.4 Å². The third-order valence-corrected chi connectivity index (χ3v) is 4.07. The van der Waals surface area contributed by atoms with Crippen LogP contribution in [0.25, 0.3) is 0 Å². The van der Waals surface area contributed by atoms with Gasteiger partial charge in [0, 0.05) is 18.2 Å². The van der Waals surface area contributed by atoms with Crippen molar-refractivity contribution in [2.45, 2.75) is 47.1 Å². The highest BCUT2D eigenvalue weighted by Gasteiger charge is 2.22. The molecule has 1 rings (SSSR count). The Morgan fingerprint density at radius 1 is 1.25 bits per heavy atom. The van der Waals surface area contributed by atoms with Gasteiger partial charge in [-0.2, -0.15) is 0 Å². The molecule has 2 unspecified atom stereocenters. The normalized spacial score (nSPS) is 14.7. The van der Waals surface area contributed by atoms with Gasteiger partial charge < -0.3 is 10.6 Å². The zero-order valence-electron chi connectivity index (χ0n) is 13.6. The first-order chi connectivity index (χ1) is 9.24.